The number of aliphatic carboxylic acids is 1. The normalized spacial score (nSPS) is 20.7. The van der Waals surface area contributed by atoms with Gasteiger partial charge in [-0.2, -0.15) is 0 Å². The topological polar surface area (TPSA) is 78.5 Å². The zero-order valence-corrected chi connectivity index (χ0v) is 13.5. The maximum Gasteiger partial charge on any atom is 0.228 e. The predicted octanol–water partition coefficient (Wildman–Crippen LogP) is 2.36. The van der Waals surface area contributed by atoms with Crippen LogP contribution in [0.4, 0.5) is 5.69 Å². The van der Waals surface area contributed by atoms with Crippen LogP contribution in [0.3, 0.4) is 0 Å². The number of unbranched alkanes of at least 4 members (excludes halogenated alkanes) is 1. The zero-order chi connectivity index (χ0) is 16.7. The van der Waals surface area contributed by atoms with Crippen LogP contribution in [0.5, 0.6) is 5.75 Å². The van der Waals surface area contributed by atoms with Gasteiger partial charge in [0.2, 0.25) is 5.91 Å². The van der Waals surface area contributed by atoms with Gasteiger partial charge in [0, 0.05) is 23.5 Å². The monoisotopic (exact) mass is 318 g/mol. The molecule has 1 fully saturated rings. The van der Waals surface area contributed by atoms with Crippen LogP contribution in [-0.2, 0) is 9.59 Å². The number of rotatable bonds is 7. The van der Waals surface area contributed by atoms with Gasteiger partial charge in [0.25, 0.3) is 0 Å². The van der Waals surface area contributed by atoms with Crippen LogP contribution < -0.4 is 15.2 Å². The first-order chi connectivity index (χ1) is 11.1. The molecule has 0 bridgehead atoms. The second-order valence-electron chi connectivity index (χ2n) is 6.03. The van der Waals surface area contributed by atoms with Gasteiger partial charge in [0.15, 0.2) is 0 Å². The zero-order valence-electron chi connectivity index (χ0n) is 13.5. The van der Waals surface area contributed by atoms with Gasteiger partial charge in [0.1, 0.15) is 5.75 Å². The van der Waals surface area contributed by atoms with Gasteiger partial charge in [0.05, 0.1) is 6.61 Å². The number of benzene rings is 1. The molecule has 126 valence electrons. The van der Waals surface area contributed by atoms with E-state index in [0.717, 1.165) is 31.4 Å². The van der Waals surface area contributed by atoms with Crippen molar-refractivity contribution in [3.63, 3.8) is 0 Å². The van der Waals surface area contributed by atoms with Crippen molar-refractivity contribution in [1.29, 1.82) is 0 Å². The number of hydrogen-bond donors (Lipinski definition) is 1. The molecule has 23 heavy (non-hydrogen) atoms. The Balaban J connectivity index is 1.92. The molecule has 0 aromatic heterocycles. The lowest BCUT2D eigenvalue weighted by atomic mass is 9.78. The van der Waals surface area contributed by atoms with Gasteiger partial charge in [-0.25, -0.2) is 0 Å². The highest BCUT2D eigenvalue weighted by molar-refractivity contribution is 5.95. The van der Waals surface area contributed by atoms with Crippen molar-refractivity contribution < 1.29 is 19.4 Å². The van der Waals surface area contributed by atoms with E-state index in [0.29, 0.717) is 25.1 Å². The van der Waals surface area contributed by atoms with Crippen LogP contribution in [0.2, 0.25) is 0 Å². The number of anilines is 1. The quantitative estimate of drug-likeness (QED) is 0.783. The summed E-state index contributed by atoms with van der Waals surface area (Å²) in [4.78, 5) is 23.5. The van der Waals surface area contributed by atoms with E-state index in [9.17, 15) is 14.7 Å². The Morgan fingerprint density at radius 2 is 1.83 bits per heavy atom. The number of carboxylic acids is 1. The molecule has 1 amide bonds. The Bertz CT molecular complexity index is 526. The van der Waals surface area contributed by atoms with Crippen LogP contribution >= 0.6 is 0 Å². The first-order valence-corrected chi connectivity index (χ1v) is 8.36. The maximum atomic E-state index is 12.3. The fraction of sp³-hybridized carbons (Fsp3) is 0.556. The summed E-state index contributed by atoms with van der Waals surface area (Å²) in [5, 5.41) is 14.0. The van der Waals surface area contributed by atoms with E-state index in [1.165, 1.54) is 0 Å². The lowest BCUT2D eigenvalue weighted by Crippen LogP contribution is -2.42. The Morgan fingerprint density at radius 3 is 2.43 bits per heavy atom. The molecule has 1 aliphatic rings. The van der Waals surface area contributed by atoms with Gasteiger partial charge in [-0.15, -0.1) is 0 Å². The maximum absolute atomic E-state index is 12.3. The molecule has 0 aliphatic heterocycles. The second-order valence-corrected chi connectivity index (χ2v) is 6.03. The van der Waals surface area contributed by atoms with E-state index in [4.69, 9.17) is 4.74 Å². The molecule has 5 heteroatoms. The van der Waals surface area contributed by atoms with Crippen molar-refractivity contribution in [2.24, 2.45) is 11.8 Å². The number of ether oxygens (including phenoxy) is 1. The van der Waals surface area contributed by atoms with Crippen LogP contribution in [0.25, 0.3) is 0 Å². The Kier molecular flexibility index (Phi) is 6.44. The smallest absolute Gasteiger partial charge is 0.228 e. The van der Waals surface area contributed by atoms with E-state index in [2.05, 4.69) is 12.2 Å². The van der Waals surface area contributed by atoms with Crippen LogP contribution in [-0.4, -0.2) is 18.5 Å². The van der Waals surface area contributed by atoms with E-state index in [-0.39, 0.29) is 5.91 Å². The van der Waals surface area contributed by atoms with Crippen molar-refractivity contribution in [3.05, 3.63) is 24.3 Å². The molecule has 1 aromatic carbocycles. The molecule has 0 spiro atoms. The Labute approximate surface area is 137 Å². The van der Waals surface area contributed by atoms with E-state index >= 15 is 0 Å². The van der Waals surface area contributed by atoms with Crippen molar-refractivity contribution in [2.75, 3.05) is 11.9 Å². The summed E-state index contributed by atoms with van der Waals surface area (Å²) in [6.07, 6.45) is 4.92. The fourth-order valence-electron chi connectivity index (χ4n) is 2.93. The number of hydrogen-bond acceptors (Lipinski definition) is 4. The van der Waals surface area contributed by atoms with Crippen LogP contribution in [0.15, 0.2) is 24.3 Å². The first-order valence-electron chi connectivity index (χ1n) is 8.36. The number of carbonyl (C=O) groups is 2. The third kappa shape index (κ3) is 4.98. The predicted molar refractivity (Wildman–Crippen MR) is 85.9 cm³/mol. The molecule has 0 saturated heterocycles. The summed E-state index contributed by atoms with van der Waals surface area (Å²) in [6.45, 7) is 2.78. The molecule has 1 aliphatic carbocycles. The molecule has 1 N–H and O–H groups in total. The SMILES string of the molecule is CCCCOc1ccc(NC(=O)[C@@H]2CCCC[C@@H]2C(=O)[O-])cc1. The lowest BCUT2D eigenvalue weighted by molar-refractivity contribution is -0.313. The summed E-state index contributed by atoms with van der Waals surface area (Å²) in [5.74, 6) is -1.78. The summed E-state index contributed by atoms with van der Waals surface area (Å²) in [5.41, 5.74) is 0.653. The number of carbonyl (C=O) groups excluding carboxylic acids is 2. The highest BCUT2D eigenvalue weighted by Gasteiger charge is 2.31. The molecule has 2 rings (SSSR count). The third-order valence-electron chi connectivity index (χ3n) is 4.29. The molecule has 1 aromatic rings. The Morgan fingerprint density at radius 1 is 1.17 bits per heavy atom. The summed E-state index contributed by atoms with van der Waals surface area (Å²) in [7, 11) is 0. The largest absolute Gasteiger partial charge is 0.550 e. The van der Waals surface area contributed by atoms with Crippen molar-refractivity contribution in [3.8, 4) is 5.75 Å². The molecule has 0 heterocycles. The minimum atomic E-state index is -1.12. The van der Waals surface area contributed by atoms with Gasteiger partial charge < -0.3 is 20.0 Å². The van der Waals surface area contributed by atoms with Crippen molar-refractivity contribution in [2.45, 2.75) is 45.4 Å². The van der Waals surface area contributed by atoms with E-state index in [1.54, 1.807) is 12.1 Å². The van der Waals surface area contributed by atoms with Gasteiger partial charge in [-0.05, 0) is 43.5 Å². The van der Waals surface area contributed by atoms with Gasteiger partial charge in [-0.3, -0.25) is 4.79 Å². The lowest BCUT2D eigenvalue weighted by Gasteiger charge is -2.31. The van der Waals surface area contributed by atoms with Crippen molar-refractivity contribution in [1.82, 2.24) is 0 Å². The highest BCUT2D eigenvalue weighted by Crippen LogP contribution is 2.31. The van der Waals surface area contributed by atoms with Gasteiger partial charge in [-0.1, -0.05) is 26.2 Å². The second kappa shape index (κ2) is 8.56. The average Bonchev–Trinajstić information content (AvgIpc) is 2.56. The van der Waals surface area contributed by atoms with Gasteiger partial charge >= 0.3 is 0 Å². The van der Waals surface area contributed by atoms with Crippen LogP contribution in [0.1, 0.15) is 45.4 Å². The molecular formula is C18H24NO4-. The Hall–Kier alpha value is -2.04. The van der Waals surface area contributed by atoms with Crippen molar-refractivity contribution >= 4 is 17.6 Å². The standard InChI is InChI=1S/C18H25NO4/c1-2-3-12-23-14-10-8-13(9-11-14)19-17(20)15-6-4-5-7-16(15)18(21)22/h8-11,15-16H,2-7,12H2,1H3,(H,19,20)(H,21,22)/p-1/t15-,16+/m1/s1. The van der Waals surface area contributed by atoms with Crippen LogP contribution in [0, 0.1) is 11.8 Å². The first kappa shape index (κ1) is 17.3. The number of amides is 1. The number of carboxylic acid groups (broad SMARTS) is 1. The van der Waals surface area contributed by atoms with E-state index < -0.39 is 17.8 Å². The molecule has 0 unspecified atom stereocenters. The minimum Gasteiger partial charge on any atom is -0.550 e. The molecule has 5 nitrogen and oxygen atoms in total. The summed E-state index contributed by atoms with van der Waals surface area (Å²) < 4.78 is 5.57. The summed E-state index contributed by atoms with van der Waals surface area (Å²) >= 11 is 0. The summed E-state index contributed by atoms with van der Waals surface area (Å²) in [6, 6.07) is 7.16. The fourth-order valence-corrected chi connectivity index (χ4v) is 2.93. The average molecular weight is 318 g/mol. The molecule has 0 radical (unpaired) electrons. The molecule has 1 saturated carbocycles. The number of nitrogens with one attached hydrogen (secondary N) is 1. The highest BCUT2D eigenvalue weighted by atomic mass is 16.5. The van der Waals surface area contributed by atoms with E-state index in [1.807, 2.05) is 12.1 Å². The third-order valence-corrected chi connectivity index (χ3v) is 4.29. The minimum absolute atomic E-state index is 0.237. The molecule has 2 atom stereocenters. The molecular weight excluding hydrogens is 294 g/mol.